The Bertz CT molecular complexity index is 783. The van der Waals surface area contributed by atoms with Gasteiger partial charge in [-0.25, -0.2) is 4.79 Å². The molecule has 1 aliphatic carbocycles. The van der Waals surface area contributed by atoms with Crippen LogP contribution in [0, 0.1) is 12.8 Å². The number of urea groups is 1. The number of aryl methyl sites for hydroxylation is 1. The molecule has 1 aromatic rings. The Kier molecular flexibility index (Phi) is 9.31. The fourth-order valence-electron chi connectivity index (χ4n) is 3.32. The van der Waals surface area contributed by atoms with E-state index in [9.17, 15) is 9.59 Å². The largest absolute Gasteiger partial charge is 0.363 e. The molecule has 174 valence electrons. The molecular weight excluding hydrogens is 404 g/mol. The number of benzene rings is 1. The summed E-state index contributed by atoms with van der Waals surface area (Å²) in [7, 11) is 0. The van der Waals surface area contributed by atoms with E-state index in [0.29, 0.717) is 0 Å². The third-order valence-corrected chi connectivity index (χ3v) is 5.63. The number of rotatable bonds is 4. The zero-order valence-corrected chi connectivity index (χ0v) is 19.2. The van der Waals surface area contributed by atoms with E-state index in [4.69, 9.17) is 4.74 Å². The van der Waals surface area contributed by atoms with Crippen LogP contribution in [0.5, 0.6) is 0 Å². The maximum Gasteiger partial charge on any atom is 0.324 e. The average Bonchev–Trinajstić information content (AvgIpc) is 3.54. The van der Waals surface area contributed by atoms with Gasteiger partial charge in [0.05, 0.1) is 19.2 Å². The highest BCUT2D eigenvalue weighted by Gasteiger charge is 2.29. The first-order chi connectivity index (χ1) is 15.5. The zero-order chi connectivity index (χ0) is 22.8. The van der Waals surface area contributed by atoms with Gasteiger partial charge in [0.15, 0.2) is 0 Å². The second kappa shape index (κ2) is 12.4. The number of nitrogens with zero attached hydrogens (tertiary/aromatic N) is 1. The Labute approximate surface area is 191 Å². The second-order valence-electron chi connectivity index (χ2n) is 8.73. The van der Waals surface area contributed by atoms with Crippen LogP contribution in [0.25, 0.3) is 0 Å². The minimum Gasteiger partial charge on any atom is -0.363 e. The SMILES string of the molecule is CC1CC1.Cc1ccccc1.O=C1CNC(=O)N1CC1=CNC(OC2CCNCC2)C=C1. The molecule has 3 aliphatic heterocycles. The molecular formula is C25H36N4O3. The molecule has 4 aliphatic rings. The first-order valence-electron chi connectivity index (χ1n) is 11.6. The van der Waals surface area contributed by atoms with E-state index in [1.165, 1.54) is 23.3 Å². The number of imide groups is 1. The van der Waals surface area contributed by atoms with Crippen LogP contribution in [0.1, 0.15) is 38.2 Å². The summed E-state index contributed by atoms with van der Waals surface area (Å²) in [4.78, 5) is 24.2. The van der Waals surface area contributed by atoms with Gasteiger partial charge < -0.3 is 20.7 Å². The highest BCUT2D eigenvalue weighted by Crippen LogP contribution is 2.26. The summed E-state index contributed by atoms with van der Waals surface area (Å²) in [6, 6.07) is 9.93. The minimum atomic E-state index is -0.331. The van der Waals surface area contributed by atoms with Crippen molar-refractivity contribution in [2.45, 2.75) is 51.9 Å². The van der Waals surface area contributed by atoms with E-state index in [-0.39, 0.29) is 37.4 Å². The van der Waals surface area contributed by atoms with E-state index < -0.39 is 0 Å². The van der Waals surface area contributed by atoms with E-state index in [0.717, 1.165) is 37.4 Å². The van der Waals surface area contributed by atoms with E-state index in [1.54, 1.807) is 0 Å². The van der Waals surface area contributed by atoms with Gasteiger partial charge in [-0.3, -0.25) is 9.69 Å². The number of carbonyl (C=O) groups excluding carboxylic acids is 2. The number of dihydropyridines is 1. The first-order valence-corrected chi connectivity index (χ1v) is 11.6. The van der Waals surface area contributed by atoms with Crippen molar-refractivity contribution in [1.29, 1.82) is 0 Å². The molecule has 0 radical (unpaired) electrons. The molecule has 0 bridgehead atoms. The van der Waals surface area contributed by atoms with Crippen LogP contribution in [0.3, 0.4) is 0 Å². The Balaban J connectivity index is 0.000000214. The van der Waals surface area contributed by atoms with Crippen molar-refractivity contribution in [3.8, 4) is 0 Å². The minimum absolute atomic E-state index is 0.0880. The molecule has 3 heterocycles. The number of ether oxygens (including phenoxy) is 1. The molecule has 32 heavy (non-hydrogen) atoms. The Morgan fingerprint density at radius 3 is 2.22 bits per heavy atom. The molecule has 1 atom stereocenters. The molecule has 7 heteroatoms. The second-order valence-corrected chi connectivity index (χ2v) is 8.73. The van der Waals surface area contributed by atoms with Crippen LogP contribution in [0.15, 0.2) is 54.3 Å². The van der Waals surface area contributed by atoms with Gasteiger partial charge >= 0.3 is 6.03 Å². The van der Waals surface area contributed by atoms with Crippen LogP contribution < -0.4 is 16.0 Å². The molecule has 1 aromatic carbocycles. The van der Waals surface area contributed by atoms with E-state index in [2.05, 4.69) is 41.9 Å². The third kappa shape index (κ3) is 8.48. The topological polar surface area (TPSA) is 82.7 Å². The number of piperidine rings is 1. The lowest BCUT2D eigenvalue weighted by molar-refractivity contribution is -0.124. The van der Waals surface area contributed by atoms with Crippen molar-refractivity contribution in [2.24, 2.45) is 5.92 Å². The summed E-state index contributed by atoms with van der Waals surface area (Å²) in [6.45, 7) is 6.72. The molecule has 5 rings (SSSR count). The van der Waals surface area contributed by atoms with Crippen LogP contribution >= 0.6 is 0 Å². The predicted octanol–water partition coefficient (Wildman–Crippen LogP) is 3.09. The lowest BCUT2D eigenvalue weighted by atomic mass is 10.1. The van der Waals surface area contributed by atoms with Gasteiger partial charge in [0.2, 0.25) is 5.91 Å². The summed E-state index contributed by atoms with van der Waals surface area (Å²) in [6.07, 6.45) is 10.8. The molecule has 3 fully saturated rings. The van der Waals surface area contributed by atoms with Crippen LogP contribution in [-0.4, -0.2) is 55.3 Å². The van der Waals surface area contributed by atoms with E-state index in [1.807, 2.05) is 36.6 Å². The molecule has 1 unspecified atom stereocenters. The molecule has 1 saturated carbocycles. The van der Waals surface area contributed by atoms with E-state index >= 15 is 0 Å². The number of carbonyl (C=O) groups is 2. The Morgan fingerprint density at radius 2 is 1.75 bits per heavy atom. The quantitative estimate of drug-likeness (QED) is 0.627. The van der Waals surface area contributed by atoms with Crippen LogP contribution in [-0.2, 0) is 9.53 Å². The van der Waals surface area contributed by atoms with Crippen molar-refractivity contribution in [3.05, 3.63) is 59.8 Å². The monoisotopic (exact) mass is 440 g/mol. The van der Waals surface area contributed by atoms with Crippen molar-refractivity contribution in [1.82, 2.24) is 20.9 Å². The number of hydrogen-bond donors (Lipinski definition) is 3. The molecule has 0 aromatic heterocycles. The van der Waals surface area contributed by atoms with Gasteiger partial charge in [0, 0.05) is 6.20 Å². The molecule has 2 saturated heterocycles. The van der Waals surface area contributed by atoms with Crippen molar-refractivity contribution < 1.29 is 14.3 Å². The van der Waals surface area contributed by atoms with Crippen molar-refractivity contribution in [3.63, 3.8) is 0 Å². The summed E-state index contributed by atoms with van der Waals surface area (Å²) in [5, 5.41) is 8.97. The van der Waals surface area contributed by atoms with Gasteiger partial charge in [-0.2, -0.15) is 0 Å². The molecule has 0 spiro atoms. The first kappa shape index (κ1) is 24.0. The Morgan fingerprint density at radius 1 is 1.06 bits per heavy atom. The lowest BCUT2D eigenvalue weighted by Crippen LogP contribution is -2.39. The van der Waals surface area contributed by atoms with Gasteiger partial charge in [-0.15, -0.1) is 0 Å². The number of hydrogen-bond acceptors (Lipinski definition) is 5. The smallest absolute Gasteiger partial charge is 0.324 e. The van der Waals surface area contributed by atoms with Gasteiger partial charge in [0.1, 0.15) is 6.23 Å². The van der Waals surface area contributed by atoms with Crippen LogP contribution in [0.4, 0.5) is 4.79 Å². The standard InChI is InChI=1S/C14H20N4O3.C7H8.C4H8/c19-13-8-17-14(20)18(13)9-10-1-2-12(16-7-10)21-11-3-5-15-6-4-11;1-7-5-3-2-4-6-7;1-4-2-3-4/h1-2,7,11-12,15-16H,3-6,8-9H2,(H,17,20);2-6H,1H3;4H,2-3H2,1H3. The molecule has 3 N–H and O–H groups in total. The van der Waals surface area contributed by atoms with Gasteiger partial charge in [-0.1, -0.05) is 61.7 Å². The predicted molar refractivity (Wildman–Crippen MR) is 126 cm³/mol. The van der Waals surface area contributed by atoms with Gasteiger partial charge in [-0.05, 0) is 50.4 Å². The highest BCUT2D eigenvalue weighted by atomic mass is 16.5. The number of nitrogens with one attached hydrogen (secondary N) is 3. The summed E-state index contributed by atoms with van der Waals surface area (Å²) in [5.41, 5.74) is 2.20. The summed E-state index contributed by atoms with van der Waals surface area (Å²) >= 11 is 0. The van der Waals surface area contributed by atoms with Gasteiger partial charge in [0.25, 0.3) is 0 Å². The molecule has 7 nitrogen and oxygen atoms in total. The maximum absolute atomic E-state index is 11.5. The van der Waals surface area contributed by atoms with Crippen molar-refractivity contribution in [2.75, 3.05) is 26.2 Å². The number of amides is 3. The summed E-state index contributed by atoms with van der Waals surface area (Å²) < 4.78 is 5.95. The van der Waals surface area contributed by atoms with Crippen LogP contribution in [0.2, 0.25) is 0 Å². The summed E-state index contributed by atoms with van der Waals surface area (Å²) in [5.74, 6) is 0.891. The third-order valence-electron chi connectivity index (χ3n) is 5.63. The average molecular weight is 441 g/mol. The zero-order valence-electron chi connectivity index (χ0n) is 19.2. The highest BCUT2D eigenvalue weighted by molar-refractivity contribution is 6.02. The van der Waals surface area contributed by atoms with Crippen molar-refractivity contribution >= 4 is 11.9 Å². The normalized spacial score (nSPS) is 22.6. The fraction of sp³-hybridized carbons (Fsp3) is 0.520. The Hall–Kier alpha value is -2.64. The maximum atomic E-state index is 11.5. The fourth-order valence-corrected chi connectivity index (χ4v) is 3.32. The lowest BCUT2D eigenvalue weighted by Gasteiger charge is -2.28. The molecule has 3 amide bonds.